The fraction of sp³-hybridized carbons (Fsp3) is 0.560. The van der Waals surface area contributed by atoms with Gasteiger partial charge in [-0.3, -0.25) is 4.98 Å². The molecule has 2 rings (SSSR count). The third-order valence-electron chi connectivity index (χ3n) is 5.44. The van der Waals surface area contributed by atoms with Crippen LogP contribution in [0.2, 0.25) is 0 Å². The predicted molar refractivity (Wildman–Crippen MR) is 124 cm³/mol. The van der Waals surface area contributed by atoms with Gasteiger partial charge in [0.25, 0.3) is 0 Å². The molecule has 0 aliphatic carbocycles. The zero-order valence-electron chi connectivity index (χ0n) is 20.4. The van der Waals surface area contributed by atoms with Crippen LogP contribution in [0.5, 0.6) is 0 Å². The average Bonchev–Trinajstić information content (AvgIpc) is 2.82. The molecule has 0 spiro atoms. The molecule has 0 amide bonds. The number of rotatable bonds is 13. The minimum Gasteiger partial charge on any atom is -0.460 e. The molecule has 0 aromatic carbocycles. The number of esters is 2. The quantitative estimate of drug-likeness (QED) is 0.326. The van der Waals surface area contributed by atoms with Crippen LogP contribution in [0.15, 0.2) is 47.1 Å². The van der Waals surface area contributed by atoms with Crippen molar-refractivity contribution in [2.24, 2.45) is 0 Å². The van der Waals surface area contributed by atoms with E-state index in [2.05, 4.69) is 4.98 Å². The highest BCUT2D eigenvalue weighted by atomic mass is 16.6. The molecule has 0 saturated carbocycles. The van der Waals surface area contributed by atoms with E-state index in [1.165, 1.54) is 0 Å². The molecule has 0 bridgehead atoms. The van der Waals surface area contributed by atoms with E-state index in [0.29, 0.717) is 54.5 Å². The predicted octanol–water partition coefficient (Wildman–Crippen LogP) is 3.60. The van der Waals surface area contributed by atoms with E-state index in [9.17, 15) is 9.59 Å². The third-order valence-corrected chi connectivity index (χ3v) is 5.44. The van der Waals surface area contributed by atoms with Gasteiger partial charge in [-0.1, -0.05) is 19.9 Å². The van der Waals surface area contributed by atoms with E-state index in [1.807, 2.05) is 45.7 Å². The van der Waals surface area contributed by atoms with Crippen LogP contribution < -0.4 is 0 Å². The van der Waals surface area contributed by atoms with Gasteiger partial charge < -0.3 is 23.8 Å². The van der Waals surface area contributed by atoms with Crippen LogP contribution in [0.4, 0.5) is 0 Å². The molecule has 8 heteroatoms. The number of hydrogen-bond acceptors (Lipinski definition) is 8. The Labute approximate surface area is 196 Å². The molecule has 0 fully saturated rings. The Bertz CT molecular complexity index is 800. The topological polar surface area (TPSA) is 87.2 Å². The molecule has 0 unspecified atom stereocenters. The first-order valence-electron chi connectivity index (χ1n) is 11.5. The van der Waals surface area contributed by atoms with E-state index >= 15 is 0 Å². The average molecular weight is 461 g/mol. The fourth-order valence-corrected chi connectivity index (χ4v) is 3.62. The second-order valence-corrected chi connectivity index (χ2v) is 7.77. The Morgan fingerprint density at radius 3 is 1.82 bits per heavy atom. The summed E-state index contributed by atoms with van der Waals surface area (Å²) in [5.74, 6) is -1.63. The standard InChI is InChI=1S/C25H36N2O6/c1-6-11-30-13-15-32-24(28)21-18(3)27(5)19(4)22(23(21)20-9-8-10-26-17-20)25(29)33-16-14-31-12-7-2/h8-10,17,23H,6-7,11-16H2,1-5H3. The lowest BCUT2D eigenvalue weighted by molar-refractivity contribution is -0.141. The molecule has 182 valence electrons. The number of pyridine rings is 1. The summed E-state index contributed by atoms with van der Waals surface area (Å²) >= 11 is 0. The highest BCUT2D eigenvalue weighted by Crippen LogP contribution is 2.42. The molecule has 2 heterocycles. The van der Waals surface area contributed by atoms with E-state index in [1.54, 1.807) is 18.5 Å². The van der Waals surface area contributed by atoms with Crippen molar-refractivity contribution >= 4 is 11.9 Å². The van der Waals surface area contributed by atoms with Gasteiger partial charge in [0.1, 0.15) is 13.2 Å². The maximum Gasteiger partial charge on any atom is 0.336 e. The lowest BCUT2D eigenvalue weighted by atomic mass is 9.80. The number of hydrogen-bond donors (Lipinski definition) is 0. The van der Waals surface area contributed by atoms with Crippen LogP contribution in [0.1, 0.15) is 52.0 Å². The van der Waals surface area contributed by atoms with Gasteiger partial charge in [-0.05, 0) is 38.3 Å². The van der Waals surface area contributed by atoms with Gasteiger partial charge in [0.15, 0.2) is 0 Å². The molecule has 0 saturated heterocycles. The monoisotopic (exact) mass is 460 g/mol. The van der Waals surface area contributed by atoms with Gasteiger partial charge in [0, 0.05) is 44.0 Å². The van der Waals surface area contributed by atoms with Crippen LogP contribution in [-0.2, 0) is 28.5 Å². The third kappa shape index (κ3) is 7.14. The largest absolute Gasteiger partial charge is 0.460 e. The van der Waals surface area contributed by atoms with E-state index in [-0.39, 0.29) is 13.2 Å². The van der Waals surface area contributed by atoms with Crippen molar-refractivity contribution in [2.45, 2.75) is 46.5 Å². The molecule has 1 aromatic rings. The van der Waals surface area contributed by atoms with Crippen molar-refractivity contribution in [3.05, 3.63) is 52.6 Å². The zero-order chi connectivity index (χ0) is 24.2. The summed E-state index contributed by atoms with van der Waals surface area (Å²) in [5.41, 5.74) is 2.92. The molecule has 8 nitrogen and oxygen atoms in total. The van der Waals surface area contributed by atoms with Crippen molar-refractivity contribution in [1.82, 2.24) is 9.88 Å². The summed E-state index contributed by atoms with van der Waals surface area (Å²) in [6.45, 7) is 9.85. The van der Waals surface area contributed by atoms with E-state index in [0.717, 1.165) is 12.8 Å². The molecule has 1 aliphatic rings. The van der Waals surface area contributed by atoms with Crippen molar-refractivity contribution in [2.75, 3.05) is 46.7 Å². The van der Waals surface area contributed by atoms with Crippen molar-refractivity contribution in [3.8, 4) is 0 Å². The maximum absolute atomic E-state index is 13.2. The van der Waals surface area contributed by atoms with E-state index < -0.39 is 17.9 Å². The first-order valence-corrected chi connectivity index (χ1v) is 11.5. The molecule has 33 heavy (non-hydrogen) atoms. The summed E-state index contributed by atoms with van der Waals surface area (Å²) in [5, 5.41) is 0. The normalized spacial score (nSPS) is 14.6. The molecular formula is C25H36N2O6. The first kappa shape index (κ1) is 26.5. The van der Waals surface area contributed by atoms with Crippen LogP contribution in [-0.4, -0.2) is 68.5 Å². The number of ether oxygens (including phenoxy) is 4. The lowest BCUT2D eigenvalue weighted by Gasteiger charge is -2.35. The van der Waals surface area contributed by atoms with E-state index in [4.69, 9.17) is 18.9 Å². The summed E-state index contributed by atoms with van der Waals surface area (Å²) in [7, 11) is 1.82. The van der Waals surface area contributed by atoms with Gasteiger partial charge in [-0.25, -0.2) is 9.59 Å². The highest BCUT2D eigenvalue weighted by Gasteiger charge is 2.39. The van der Waals surface area contributed by atoms with Gasteiger partial charge >= 0.3 is 11.9 Å². The Morgan fingerprint density at radius 2 is 1.39 bits per heavy atom. The Kier molecular flexibility index (Phi) is 11.1. The number of carbonyl (C=O) groups is 2. The summed E-state index contributed by atoms with van der Waals surface area (Å²) in [6, 6.07) is 3.63. The lowest BCUT2D eigenvalue weighted by Crippen LogP contribution is -2.34. The van der Waals surface area contributed by atoms with Crippen LogP contribution >= 0.6 is 0 Å². The number of allylic oxidation sites excluding steroid dienone is 2. The van der Waals surface area contributed by atoms with Crippen molar-refractivity contribution in [1.29, 1.82) is 0 Å². The Morgan fingerprint density at radius 1 is 0.879 bits per heavy atom. The van der Waals surface area contributed by atoms with Gasteiger partial charge in [-0.15, -0.1) is 0 Å². The SMILES string of the molecule is CCCOCCOC(=O)C1=C(C)N(C)C(C)=C(C(=O)OCCOCCC)C1c1cccnc1. The van der Waals surface area contributed by atoms with Crippen LogP contribution in [0, 0.1) is 0 Å². The first-order chi connectivity index (χ1) is 15.9. The summed E-state index contributed by atoms with van der Waals surface area (Å²) < 4.78 is 21.9. The minimum absolute atomic E-state index is 0.135. The van der Waals surface area contributed by atoms with Gasteiger partial charge in [-0.2, -0.15) is 0 Å². The molecule has 1 aliphatic heterocycles. The number of aromatic nitrogens is 1. The number of nitrogens with zero attached hydrogens (tertiary/aromatic N) is 2. The second kappa shape index (κ2) is 13.7. The van der Waals surface area contributed by atoms with Crippen molar-refractivity contribution < 1.29 is 28.5 Å². The molecule has 0 atom stereocenters. The van der Waals surface area contributed by atoms with Crippen LogP contribution in [0.3, 0.4) is 0 Å². The fourth-order valence-electron chi connectivity index (χ4n) is 3.62. The number of carbonyl (C=O) groups excluding carboxylic acids is 2. The molecular weight excluding hydrogens is 424 g/mol. The van der Waals surface area contributed by atoms with Gasteiger partial charge in [0.05, 0.1) is 30.3 Å². The molecule has 1 aromatic heterocycles. The second-order valence-electron chi connectivity index (χ2n) is 7.77. The molecule has 0 radical (unpaired) electrons. The summed E-state index contributed by atoms with van der Waals surface area (Å²) in [6.07, 6.45) is 5.10. The zero-order valence-corrected chi connectivity index (χ0v) is 20.4. The summed E-state index contributed by atoms with van der Waals surface area (Å²) in [4.78, 5) is 32.4. The Balaban J connectivity index is 2.32. The highest BCUT2D eigenvalue weighted by molar-refractivity contribution is 5.99. The van der Waals surface area contributed by atoms with Crippen molar-refractivity contribution in [3.63, 3.8) is 0 Å². The maximum atomic E-state index is 13.2. The Hall–Kier alpha value is -2.71. The smallest absolute Gasteiger partial charge is 0.336 e. The minimum atomic E-state index is -0.650. The van der Waals surface area contributed by atoms with Gasteiger partial charge in [0.2, 0.25) is 0 Å². The molecule has 0 N–H and O–H groups in total. The van der Waals surface area contributed by atoms with Crippen LogP contribution in [0.25, 0.3) is 0 Å².